The first kappa shape index (κ1) is 13.8. The highest BCUT2D eigenvalue weighted by molar-refractivity contribution is 5.75. The van der Waals surface area contributed by atoms with Crippen LogP contribution in [0.2, 0.25) is 0 Å². The third-order valence-electron chi connectivity index (χ3n) is 1.67. The quantitative estimate of drug-likeness (QED) is 0.647. The van der Waals surface area contributed by atoms with Crippen molar-refractivity contribution in [1.82, 2.24) is 0 Å². The van der Waals surface area contributed by atoms with Crippen molar-refractivity contribution in [3.8, 4) is 0 Å². The predicted molar refractivity (Wildman–Crippen MR) is 45.0 cm³/mol. The number of carboxylic acids is 1. The molecule has 0 aliphatic carbocycles. The van der Waals surface area contributed by atoms with Crippen molar-refractivity contribution in [3.05, 3.63) is 0 Å². The van der Waals surface area contributed by atoms with Crippen molar-refractivity contribution in [2.45, 2.75) is 39.7 Å². The average molecular weight is 223 g/mol. The Balaban J connectivity index is 5.11. The maximum atomic E-state index is 13.1. The summed E-state index contributed by atoms with van der Waals surface area (Å²) in [5, 5.41) is 10.2. The standard InChI is InChI=1S/C9H14F2O4/c1-5(12)15-6(8(2,3)4)9(10,11)7(13)14/h6H,1-4H3,(H,13,14)/p-1. The van der Waals surface area contributed by atoms with Crippen molar-refractivity contribution in [1.29, 1.82) is 0 Å². The third kappa shape index (κ3) is 3.45. The lowest BCUT2D eigenvalue weighted by Crippen LogP contribution is -2.55. The summed E-state index contributed by atoms with van der Waals surface area (Å²) in [6.07, 6.45) is -2.05. The number of aliphatic carboxylic acids is 1. The van der Waals surface area contributed by atoms with Gasteiger partial charge in [-0.25, -0.2) is 0 Å². The van der Waals surface area contributed by atoms with Crippen LogP contribution in [0.5, 0.6) is 0 Å². The van der Waals surface area contributed by atoms with Crippen LogP contribution in [-0.2, 0) is 14.3 Å². The molecule has 88 valence electrons. The molecule has 0 aromatic heterocycles. The fourth-order valence-corrected chi connectivity index (χ4v) is 1.07. The summed E-state index contributed by atoms with van der Waals surface area (Å²) in [6, 6.07) is 0. The maximum absolute atomic E-state index is 13.1. The van der Waals surface area contributed by atoms with Crippen LogP contribution in [0.15, 0.2) is 0 Å². The van der Waals surface area contributed by atoms with Crippen LogP contribution < -0.4 is 5.11 Å². The lowest BCUT2D eigenvalue weighted by molar-refractivity contribution is -0.339. The number of rotatable bonds is 3. The van der Waals surface area contributed by atoms with Crippen molar-refractivity contribution < 1.29 is 28.2 Å². The van der Waals surface area contributed by atoms with Gasteiger partial charge in [0.15, 0.2) is 6.10 Å². The van der Waals surface area contributed by atoms with Gasteiger partial charge in [-0.2, -0.15) is 8.78 Å². The summed E-state index contributed by atoms with van der Waals surface area (Å²) in [7, 11) is 0. The molecular weight excluding hydrogens is 210 g/mol. The van der Waals surface area contributed by atoms with Crippen molar-refractivity contribution in [2.75, 3.05) is 0 Å². The van der Waals surface area contributed by atoms with Gasteiger partial charge in [-0.1, -0.05) is 20.8 Å². The molecule has 0 saturated heterocycles. The van der Waals surface area contributed by atoms with Gasteiger partial charge in [-0.05, 0) is 0 Å². The Bertz CT molecular complexity index is 268. The van der Waals surface area contributed by atoms with E-state index < -0.39 is 29.4 Å². The van der Waals surface area contributed by atoms with Gasteiger partial charge in [0, 0.05) is 12.3 Å². The minimum Gasteiger partial charge on any atom is -0.544 e. The van der Waals surface area contributed by atoms with E-state index in [0.29, 0.717) is 0 Å². The van der Waals surface area contributed by atoms with E-state index in [2.05, 4.69) is 4.74 Å². The molecule has 0 bridgehead atoms. The van der Waals surface area contributed by atoms with Gasteiger partial charge in [-0.3, -0.25) is 4.79 Å². The molecule has 6 heteroatoms. The van der Waals surface area contributed by atoms with E-state index in [0.717, 1.165) is 6.92 Å². The van der Waals surface area contributed by atoms with E-state index >= 15 is 0 Å². The molecule has 0 rings (SSSR count). The highest BCUT2D eigenvalue weighted by Gasteiger charge is 2.50. The zero-order chi connectivity index (χ0) is 12.4. The molecule has 0 amide bonds. The molecule has 4 nitrogen and oxygen atoms in total. The number of carbonyl (C=O) groups excluding carboxylic acids is 2. The highest BCUT2D eigenvalue weighted by Crippen LogP contribution is 2.34. The number of ether oxygens (including phenoxy) is 1. The lowest BCUT2D eigenvalue weighted by atomic mass is 9.85. The van der Waals surface area contributed by atoms with Crippen LogP contribution in [0, 0.1) is 5.41 Å². The minimum absolute atomic E-state index is 0.935. The molecule has 0 N–H and O–H groups in total. The van der Waals surface area contributed by atoms with E-state index in [1.807, 2.05) is 0 Å². The molecule has 1 atom stereocenters. The number of hydrogen-bond acceptors (Lipinski definition) is 4. The number of halogens is 2. The molecule has 0 spiro atoms. The maximum Gasteiger partial charge on any atom is 0.323 e. The molecule has 0 aliphatic rings. The van der Waals surface area contributed by atoms with Gasteiger partial charge in [0.2, 0.25) is 0 Å². The summed E-state index contributed by atoms with van der Waals surface area (Å²) in [5.74, 6) is -7.72. The third-order valence-corrected chi connectivity index (χ3v) is 1.67. The zero-order valence-corrected chi connectivity index (χ0v) is 8.97. The monoisotopic (exact) mass is 223 g/mol. The van der Waals surface area contributed by atoms with Crippen LogP contribution in [0.1, 0.15) is 27.7 Å². The number of alkyl halides is 2. The summed E-state index contributed by atoms with van der Waals surface area (Å²) in [5.41, 5.74) is -1.20. The van der Waals surface area contributed by atoms with E-state index in [9.17, 15) is 23.5 Å². The molecule has 1 unspecified atom stereocenters. The van der Waals surface area contributed by atoms with E-state index in [1.54, 1.807) is 0 Å². The minimum atomic E-state index is -4.20. The first-order chi connectivity index (χ1) is 6.49. The number of carboxylic acid groups (broad SMARTS) is 1. The Morgan fingerprint density at radius 1 is 1.27 bits per heavy atom. The predicted octanol–water partition coefficient (Wildman–Crippen LogP) is 0.349. The number of hydrogen-bond donors (Lipinski definition) is 0. The van der Waals surface area contributed by atoms with Gasteiger partial charge in [0.05, 0.1) is 0 Å². The van der Waals surface area contributed by atoms with Crippen LogP contribution in [0.25, 0.3) is 0 Å². The second kappa shape index (κ2) is 4.12. The topological polar surface area (TPSA) is 66.4 Å². The largest absolute Gasteiger partial charge is 0.544 e. The van der Waals surface area contributed by atoms with Crippen LogP contribution >= 0.6 is 0 Å². The zero-order valence-electron chi connectivity index (χ0n) is 8.97. The Hall–Kier alpha value is -1.20. The van der Waals surface area contributed by atoms with Gasteiger partial charge in [0.25, 0.3) is 0 Å². The van der Waals surface area contributed by atoms with Crippen molar-refractivity contribution in [2.24, 2.45) is 5.41 Å². The molecular formula is C9H13F2O4-. The Kier molecular flexibility index (Phi) is 3.79. The van der Waals surface area contributed by atoms with E-state index in [4.69, 9.17) is 0 Å². The molecule has 0 saturated carbocycles. The summed E-state index contributed by atoms with van der Waals surface area (Å²) in [6.45, 7) is 4.97. The van der Waals surface area contributed by atoms with Gasteiger partial charge in [0.1, 0.15) is 5.97 Å². The first-order valence-electron chi connectivity index (χ1n) is 4.26. The van der Waals surface area contributed by atoms with Gasteiger partial charge < -0.3 is 14.6 Å². The number of carbonyl (C=O) groups is 2. The van der Waals surface area contributed by atoms with E-state index in [-0.39, 0.29) is 0 Å². The van der Waals surface area contributed by atoms with E-state index in [1.165, 1.54) is 20.8 Å². The second-order valence-corrected chi connectivity index (χ2v) is 4.27. The fourth-order valence-electron chi connectivity index (χ4n) is 1.07. The molecule has 0 fully saturated rings. The molecule has 0 aromatic rings. The highest BCUT2D eigenvalue weighted by atomic mass is 19.3. The van der Waals surface area contributed by atoms with Crippen LogP contribution in [-0.4, -0.2) is 24.0 Å². The second-order valence-electron chi connectivity index (χ2n) is 4.27. The Morgan fingerprint density at radius 2 is 1.67 bits per heavy atom. The van der Waals surface area contributed by atoms with Crippen LogP contribution in [0.4, 0.5) is 8.78 Å². The molecule has 0 aromatic carbocycles. The molecule has 0 heterocycles. The summed E-state index contributed by atoms with van der Waals surface area (Å²) in [4.78, 5) is 20.8. The first-order valence-corrected chi connectivity index (χ1v) is 4.26. The average Bonchev–Trinajstić information content (AvgIpc) is 1.97. The van der Waals surface area contributed by atoms with Gasteiger partial charge >= 0.3 is 11.9 Å². The fraction of sp³-hybridized carbons (Fsp3) is 0.778. The summed E-state index contributed by atoms with van der Waals surface area (Å²) >= 11 is 0. The SMILES string of the molecule is CC(=O)OC(C(C)(C)C)C(F)(F)C(=O)[O-]. The Morgan fingerprint density at radius 3 is 1.87 bits per heavy atom. The number of esters is 1. The van der Waals surface area contributed by atoms with Gasteiger partial charge in [-0.15, -0.1) is 0 Å². The Labute approximate surface area is 86.2 Å². The molecule has 15 heavy (non-hydrogen) atoms. The lowest BCUT2D eigenvalue weighted by Gasteiger charge is -2.35. The summed E-state index contributed by atoms with van der Waals surface area (Å²) < 4.78 is 30.6. The molecule has 0 aliphatic heterocycles. The van der Waals surface area contributed by atoms with Crippen molar-refractivity contribution in [3.63, 3.8) is 0 Å². The van der Waals surface area contributed by atoms with Crippen molar-refractivity contribution >= 4 is 11.9 Å². The van der Waals surface area contributed by atoms with Crippen LogP contribution in [0.3, 0.4) is 0 Å². The smallest absolute Gasteiger partial charge is 0.323 e. The molecule has 0 radical (unpaired) electrons. The normalized spacial score (nSPS) is 14.5.